The number of fused-ring (bicyclic) bond motifs is 1. The third-order valence-electron chi connectivity index (χ3n) is 4.08. The molecule has 0 amide bonds. The smallest absolute Gasteiger partial charge is 0.475 e. The van der Waals surface area contributed by atoms with Gasteiger partial charge in [-0.25, -0.2) is 9.18 Å². The highest BCUT2D eigenvalue weighted by Crippen LogP contribution is 2.18. The number of nitrogens with zero attached hydrogens (tertiary/aromatic N) is 3. The van der Waals surface area contributed by atoms with Gasteiger partial charge >= 0.3 is 12.1 Å². The average molecular weight is 403 g/mol. The highest BCUT2D eigenvalue weighted by atomic mass is 19.4. The fraction of sp³-hybridized carbons (Fsp3) is 0.444. The van der Waals surface area contributed by atoms with Crippen LogP contribution in [0.15, 0.2) is 36.5 Å². The van der Waals surface area contributed by atoms with Gasteiger partial charge in [0.15, 0.2) is 0 Å². The minimum atomic E-state index is -5.08. The van der Waals surface area contributed by atoms with E-state index in [1.165, 1.54) is 11.8 Å². The van der Waals surface area contributed by atoms with Crippen molar-refractivity contribution < 1.29 is 32.2 Å². The molecule has 154 valence electrons. The summed E-state index contributed by atoms with van der Waals surface area (Å²) in [5, 5.41) is 11.5. The van der Waals surface area contributed by atoms with Crippen molar-refractivity contribution >= 4 is 5.97 Å². The maximum atomic E-state index is 13.3. The normalized spacial score (nSPS) is 17.2. The summed E-state index contributed by atoms with van der Waals surface area (Å²) in [5.74, 6) is -2.54. The lowest BCUT2D eigenvalue weighted by Gasteiger charge is -2.23. The van der Waals surface area contributed by atoms with E-state index >= 15 is 0 Å². The minimum Gasteiger partial charge on any atom is -0.475 e. The molecule has 2 aromatic rings. The Morgan fingerprint density at radius 2 is 2.04 bits per heavy atom. The number of alkyl halides is 3. The molecule has 1 aromatic carbocycles. The fourth-order valence-electron chi connectivity index (χ4n) is 2.97. The summed E-state index contributed by atoms with van der Waals surface area (Å²) < 4.78 is 52.4. The lowest BCUT2D eigenvalue weighted by molar-refractivity contribution is -0.192. The van der Waals surface area contributed by atoms with Crippen molar-refractivity contribution in [2.75, 3.05) is 20.3 Å². The van der Waals surface area contributed by atoms with Crippen molar-refractivity contribution in [2.24, 2.45) is 5.92 Å². The number of hydrogen-bond acceptors (Lipinski definition) is 4. The molecule has 0 radical (unpaired) electrons. The van der Waals surface area contributed by atoms with E-state index in [0.29, 0.717) is 12.5 Å². The third kappa shape index (κ3) is 6.61. The summed E-state index contributed by atoms with van der Waals surface area (Å²) in [4.78, 5) is 11.2. The van der Waals surface area contributed by atoms with Gasteiger partial charge in [0.1, 0.15) is 5.82 Å². The summed E-state index contributed by atoms with van der Waals surface area (Å²) in [5.41, 5.74) is 2.20. The fourth-order valence-corrected chi connectivity index (χ4v) is 2.97. The quantitative estimate of drug-likeness (QED) is 0.796. The number of rotatable bonds is 4. The number of aliphatic carboxylic acids is 1. The molecule has 0 fully saturated rings. The molecule has 0 saturated heterocycles. The van der Waals surface area contributed by atoms with E-state index in [2.05, 4.69) is 14.7 Å². The predicted octanol–water partition coefficient (Wildman–Crippen LogP) is 2.93. The van der Waals surface area contributed by atoms with Crippen LogP contribution in [0.25, 0.3) is 0 Å². The van der Waals surface area contributed by atoms with Gasteiger partial charge in [0, 0.05) is 45.4 Å². The van der Waals surface area contributed by atoms with Crippen LogP contribution in [0, 0.1) is 11.7 Å². The summed E-state index contributed by atoms with van der Waals surface area (Å²) in [6, 6.07) is 8.87. The van der Waals surface area contributed by atoms with Gasteiger partial charge in [-0.3, -0.25) is 9.58 Å². The minimum absolute atomic E-state index is 0.180. The van der Waals surface area contributed by atoms with Gasteiger partial charge in [0.2, 0.25) is 0 Å². The van der Waals surface area contributed by atoms with Crippen LogP contribution >= 0.6 is 0 Å². The lowest BCUT2D eigenvalue weighted by atomic mass is 10.1. The predicted molar refractivity (Wildman–Crippen MR) is 91.8 cm³/mol. The van der Waals surface area contributed by atoms with Crippen molar-refractivity contribution in [1.29, 1.82) is 0 Å². The maximum absolute atomic E-state index is 13.3. The molecule has 3 rings (SSSR count). The molecule has 0 saturated carbocycles. The zero-order valence-electron chi connectivity index (χ0n) is 15.2. The number of carboxylic acid groups (broad SMARTS) is 1. The summed E-state index contributed by atoms with van der Waals surface area (Å²) >= 11 is 0. The number of hydrogen-bond donors (Lipinski definition) is 1. The Labute approximate surface area is 159 Å². The SMILES string of the molecule is COCC1CN(Cc2cccc(F)c2)Cc2ccnn2C1.O=C(O)C(F)(F)F. The molecule has 1 aliphatic rings. The highest BCUT2D eigenvalue weighted by molar-refractivity contribution is 5.73. The van der Waals surface area contributed by atoms with E-state index < -0.39 is 12.1 Å². The van der Waals surface area contributed by atoms with Crippen molar-refractivity contribution in [1.82, 2.24) is 14.7 Å². The number of halogens is 4. The van der Waals surface area contributed by atoms with Crippen molar-refractivity contribution in [3.05, 3.63) is 53.6 Å². The Balaban J connectivity index is 0.000000345. The Bertz CT molecular complexity index is 779. The summed E-state index contributed by atoms with van der Waals surface area (Å²) in [7, 11) is 1.73. The number of carboxylic acids is 1. The molecule has 2 heterocycles. The molecular weight excluding hydrogens is 382 g/mol. The number of carbonyl (C=O) groups is 1. The highest BCUT2D eigenvalue weighted by Gasteiger charge is 2.38. The van der Waals surface area contributed by atoms with Crippen LogP contribution in [0.5, 0.6) is 0 Å². The molecule has 28 heavy (non-hydrogen) atoms. The van der Waals surface area contributed by atoms with Crippen LogP contribution in [0.4, 0.5) is 17.6 Å². The van der Waals surface area contributed by atoms with Gasteiger partial charge < -0.3 is 9.84 Å². The average Bonchev–Trinajstić information content (AvgIpc) is 2.95. The number of ether oxygens (including phenoxy) is 1. The molecule has 0 spiro atoms. The standard InChI is InChI=1S/C16H20FN3O.C2HF3O2/c1-21-12-14-9-19(8-13-3-2-4-15(17)7-13)11-16-5-6-18-20(16)10-14;3-2(4,5)1(6)7/h2-7,14H,8-12H2,1H3;(H,6,7). The molecule has 0 aliphatic carbocycles. The first-order chi connectivity index (χ1) is 13.2. The van der Waals surface area contributed by atoms with E-state index in [0.717, 1.165) is 31.7 Å². The van der Waals surface area contributed by atoms with Crippen molar-refractivity contribution in [2.45, 2.75) is 25.8 Å². The molecule has 6 nitrogen and oxygen atoms in total. The molecule has 1 atom stereocenters. The van der Waals surface area contributed by atoms with Crippen LogP contribution in [0.2, 0.25) is 0 Å². The molecule has 1 aromatic heterocycles. The second-order valence-corrected chi connectivity index (χ2v) is 6.43. The van der Waals surface area contributed by atoms with Crippen molar-refractivity contribution in [3.8, 4) is 0 Å². The first-order valence-electron chi connectivity index (χ1n) is 8.45. The first-order valence-corrected chi connectivity index (χ1v) is 8.45. The largest absolute Gasteiger partial charge is 0.490 e. The van der Waals surface area contributed by atoms with E-state index in [1.807, 2.05) is 18.3 Å². The van der Waals surface area contributed by atoms with E-state index in [9.17, 15) is 17.6 Å². The molecule has 1 unspecified atom stereocenters. The van der Waals surface area contributed by atoms with Gasteiger partial charge in [-0.1, -0.05) is 12.1 Å². The van der Waals surface area contributed by atoms with E-state index in [-0.39, 0.29) is 5.82 Å². The zero-order chi connectivity index (χ0) is 20.7. The van der Waals surface area contributed by atoms with E-state index in [4.69, 9.17) is 14.6 Å². The van der Waals surface area contributed by atoms with Crippen LogP contribution in [0.1, 0.15) is 11.3 Å². The van der Waals surface area contributed by atoms with Gasteiger partial charge in [0.25, 0.3) is 0 Å². The van der Waals surface area contributed by atoms with Crippen LogP contribution in [-0.4, -0.2) is 52.2 Å². The van der Waals surface area contributed by atoms with Crippen molar-refractivity contribution in [3.63, 3.8) is 0 Å². The number of methoxy groups -OCH3 is 1. The monoisotopic (exact) mass is 403 g/mol. The van der Waals surface area contributed by atoms with Crippen LogP contribution in [0.3, 0.4) is 0 Å². The van der Waals surface area contributed by atoms with Gasteiger partial charge in [-0.15, -0.1) is 0 Å². The number of aromatic nitrogens is 2. The number of benzene rings is 1. The molecule has 0 bridgehead atoms. The topological polar surface area (TPSA) is 67.6 Å². The van der Waals surface area contributed by atoms with Crippen LogP contribution < -0.4 is 0 Å². The Morgan fingerprint density at radius 1 is 1.32 bits per heavy atom. The molecule has 1 aliphatic heterocycles. The Hall–Kier alpha value is -2.46. The van der Waals surface area contributed by atoms with Gasteiger partial charge in [-0.2, -0.15) is 18.3 Å². The summed E-state index contributed by atoms with van der Waals surface area (Å²) in [6.07, 6.45) is -3.25. The molecule has 10 heteroatoms. The second-order valence-electron chi connectivity index (χ2n) is 6.43. The summed E-state index contributed by atoms with van der Waals surface area (Å²) in [6.45, 7) is 4.07. The van der Waals surface area contributed by atoms with E-state index in [1.54, 1.807) is 19.2 Å². The molecule has 1 N–H and O–H groups in total. The Kier molecular flexibility index (Phi) is 7.53. The lowest BCUT2D eigenvalue weighted by Crippen LogP contribution is -2.29. The maximum Gasteiger partial charge on any atom is 0.490 e. The zero-order valence-corrected chi connectivity index (χ0v) is 15.2. The third-order valence-corrected chi connectivity index (χ3v) is 4.08. The Morgan fingerprint density at radius 3 is 2.64 bits per heavy atom. The van der Waals surface area contributed by atoms with Crippen LogP contribution in [-0.2, 0) is 29.2 Å². The second kappa shape index (κ2) is 9.65. The molecular formula is C18H21F4N3O3. The van der Waals surface area contributed by atoms with Gasteiger partial charge in [0.05, 0.1) is 12.3 Å². The van der Waals surface area contributed by atoms with Gasteiger partial charge in [-0.05, 0) is 23.8 Å². The first kappa shape index (κ1) is 21.8.